The molecule has 0 spiro atoms. The minimum atomic E-state index is -3.45. The van der Waals surface area contributed by atoms with Gasteiger partial charge in [0.05, 0.1) is 11.5 Å². The Morgan fingerprint density at radius 3 is 2.50 bits per heavy atom. The number of benzene rings is 1. The fraction of sp³-hybridized carbons (Fsp3) is 0.154. The van der Waals surface area contributed by atoms with E-state index in [2.05, 4.69) is 4.74 Å². The summed E-state index contributed by atoms with van der Waals surface area (Å²) >= 11 is 0. The first-order chi connectivity index (χ1) is 8.56. The smallest absolute Gasteiger partial charge is 0.330 e. The van der Waals surface area contributed by atoms with Crippen molar-refractivity contribution in [2.45, 2.75) is 11.8 Å². The van der Waals surface area contributed by atoms with E-state index in [1.165, 1.54) is 30.4 Å². The van der Waals surface area contributed by atoms with Gasteiger partial charge in [-0.1, -0.05) is 30.4 Å². The Morgan fingerprint density at radius 1 is 1.22 bits per heavy atom. The second-order valence-corrected chi connectivity index (χ2v) is 5.13. The summed E-state index contributed by atoms with van der Waals surface area (Å²) < 4.78 is 28.2. The van der Waals surface area contributed by atoms with Gasteiger partial charge < -0.3 is 4.74 Å². The van der Waals surface area contributed by atoms with Gasteiger partial charge in [0, 0.05) is 11.5 Å². The van der Waals surface area contributed by atoms with Crippen molar-refractivity contribution >= 4 is 15.8 Å². The lowest BCUT2D eigenvalue weighted by molar-refractivity contribution is -0.137. The second-order valence-electron chi connectivity index (χ2n) is 3.30. The highest BCUT2D eigenvalue weighted by atomic mass is 32.2. The Morgan fingerprint density at radius 2 is 1.89 bits per heavy atom. The van der Waals surface area contributed by atoms with Crippen molar-refractivity contribution in [2.24, 2.45) is 0 Å². The molecule has 96 valence electrons. The number of sulfone groups is 1. The first-order valence-corrected chi connectivity index (χ1v) is 6.92. The summed E-state index contributed by atoms with van der Waals surface area (Å²) in [4.78, 5) is 11.2. The highest BCUT2D eigenvalue weighted by Crippen LogP contribution is 2.10. The molecule has 0 unspecified atom stereocenters. The molecule has 1 rings (SSSR count). The molecule has 0 N–H and O–H groups in total. The third-order valence-electron chi connectivity index (χ3n) is 1.96. The van der Waals surface area contributed by atoms with Crippen LogP contribution in [-0.4, -0.2) is 21.0 Å². The highest BCUT2D eigenvalue weighted by molar-refractivity contribution is 7.94. The standard InChI is InChI=1S/C13H14O4S/c1-2-17-13(14)10-6-7-11-18(15,16)12-8-4-3-5-9-12/h3-11H,2H2,1H3. The molecule has 0 fully saturated rings. The van der Waals surface area contributed by atoms with Crippen molar-refractivity contribution in [1.82, 2.24) is 0 Å². The minimum Gasteiger partial charge on any atom is -0.463 e. The predicted molar refractivity (Wildman–Crippen MR) is 68.5 cm³/mol. The average Bonchev–Trinajstić information content (AvgIpc) is 2.36. The number of allylic oxidation sites excluding steroid dienone is 2. The quantitative estimate of drug-likeness (QED) is 0.465. The lowest BCUT2D eigenvalue weighted by Gasteiger charge is -1.96. The molecule has 0 radical (unpaired) electrons. The molecule has 0 saturated carbocycles. The van der Waals surface area contributed by atoms with Crippen LogP contribution in [0.3, 0.4) is 0 Å². The average molecular weight is 266 g/mol. The number of carbonyl (C=O) groups excluding carboxylic acids is 1. The van der Waals surface area contributed by atoms with E-state index in [-0.39, 0.29) is 11.5 Å². The summed E-state index contributed by atoms with van der Waals surface area (Å²) in [5.74, 6) is -0.501. The molecule has 0 heterocycles. The number of hydrogen-bond acceptors (Lipinski definition) is 4. The van der Waals surface area contributed by atoms with Gasteiger partial charge in [-0.05, 0) is 19.1 Å². The summed E-state index contributed by atoms with van der Waals surface area (Å²) in [6, 6.07) is 8.05. The molecule has 0 amide bonds. The highest BCUT2D eigenvalue weighted by Gasteiger charge is 2.07. The number of esters is 1. The largest absolute Gasteiger partial charge is 0.463 e. The zero-order valence-corrected chi connectivity index (χ0v) is 10.8. The van der Waals surface area contributed by atoms with Gasteiger partial charge in [-0.3, -0.25) is 0 Å². The van der Waals surface area contributed by atoms with Gasteiger partial charge in [0.15, 0.2) is 9.84 Å². The van der Waals surface area contributed by atoms with Crippen LogP contribution in [0.2, 0.25) is 0 Å². The van der Waals surface area contributed by atoms with Crippen molar-refractivity contribution < 1.29 is 17.9 Å². The normalized spacial score (nSPS) is 12.1. The molecule has 0 atom stereocenters. The van der Waals surface area contributed by atoms with Gasteiger partial charge in [0.2, 0.25) is 0 Å². The molecule has 5 heteroatoms. The summed E-state index contributed by atoms with van der Waals surface area (Å²) in [7, 11) is -3.45. The van der Waals surface area contributed by atoms with Crippen molar-refractivity contribution in [3.8, 4) is 0 Å². The number of carbonyl (C=O) groups is 1. The topological polar surface area (TPSA) is 60.4 Å². The van der Waals surface area contributed by atoms with Gasteiger partial charge in [0.25, 0.3) is 0 Å². The maximum absolute atomic E-state index is 11.8. The van der Waals surface area contributed by atoms with Crippen molar-refractivity contribution in [2.75, 3.05) is 6.61 Å². The SMILES string of the molecule is CCOC(=O)C=CC=CS(=O)(=O)c1ccccc1. The van der Waals surface area contributed by atoms with E-state index < -0.39 is 15.8 Å². The van der Waals surface area contributed by atoms with Crippen LogP contribution >= 0.6 is 0 Å². The number of hydrogen-bond donors (Lipinski definition) is 0. The van der Waals surface area contributed by atoms with Gasteiger partial charge in [-0.2, -0.15) is 0 Å². The second kappa shape index (κ2) is 6.76. The van der Waals surface area contributed by atoms with Crippen molar-refractivity contribution in [3.63, 3.8) is 0 Å². The lowest BCUT2D eigenvalue weighted by Crippen LogP contribution is -1.98. The van der Waals surface area contributed by atoms with Crippen LogP contribution < -0.4 is 0 Å². The monoisotopic (exact) mass is 266 g/mol. The van der Waals surface area contributed by atoms with Crippen LogP contribution in [0.15, 0.2) is 58.9 Å². The number of ether oxygens (including phenoxy) is 1. The molecule has 0 aliphatic carbocycles. The van der Waals surface area contributed by atoms with Crippen LogP contribution in [0.5, 0.6) is 0 Å². The summed E-state index contributed by atoms with van der Waals surface area (Å²) in [5, 5.41) is 1.04. The van der Waals surface area contributed by atoms with E-state index in [4.69, 9.17) is 0 Å². The van der Waals surface area contributed by atoms with Crippen LogP contribution in [0.4, 0.5) is 0 Å². The first-order valence-electron chi connectivity index (χ1n) is 5.38. The van der Waals surface area contributed by atoms with E-state index in [0.29, 0.717) is 0 Å². The molecule has 0 aromatic heterocycles. The third-order valence-corrected chi connectivity index (χ3v) is 3.40. The third kappa shape index (κ3) is 4.55. The fourth-order valence-corrected chi connectivity index (χ4v) is 2.15. The van der Waals surface area contributed by atoms with E-state index in [0.717, 1.165) is 5.41 Å². The molecule has 0 aliphatic heterocycles. The maximum atomic E-state index is 11.8. The Kier molecular flexibility index (Phi) is 5.32. The molecular formula is C13H14O4S. The molecule has 0 bridgehead atoms. The molecule has 4 nitrogen and oxygen atoms in total. The minimum absolute atomic E-state index is 0.214. The molecular weight excluding hydrogens is 252 g/mol. The Labute approximate surface area is 107 Å². The van der Waals surface area contributed by atoms with Crippen LogP contribution in [-0.2, 0) is 19.4 Å². The van der Waals surface area contributed by atoms with Crippen molar-refractivity contribution in [1.29, 1.82) is 0 Å². The summed E-state index contributed by atoms with van der Waals surface area (Å²) in [6.07, 6.45) is 3.79. The van der Waals surface area contributed by atoms with Gasteiger partial charge in [-0.15, -0.1) is 0 Å². The fourth-order valence-electron chi connectivity index (χ4n) is 1.16. The maximum Gasteiger partial charge on any atom is 0.330 e. The van der Waals surface area contributed by atoms with Crippen LogP contribution in [0.25, 0.3) is 0 Å². The van der Waals surface area contributed by atoms with E-state index in [1.807, 2.05) is 0 Å². The molecule has 18 heavy (non-hydrogen) atoms. The van der Waals surface area contributed by atoms with Gasteiger partial charge >= 0.3 is 5.97 Å². The number of rotatable bonds is 5. The first kappa shape index (κ1) is 14.2. The molecule has 0 saturated heterocycles. The van der Waals surface area contributed by atoms with Crippen LogP contribution in [0, 0.1) is 0 Å². The zero-order valence-electron chi connectivity index (χ0n) is 9.94. The lowest BCUT2D eigenvalue weighted by atomic mass is 10.4. The Balaban J connectivity index is 2.70. The Hall–Kier alpha value is -1.88. The van der Waals surface area contributed by atoms with Gasteiger partial charge in [-0.25, -0.2) is 13.2 Å². The zero-order chi connectivity index (χ0) is 13.4. The van der Waals surface area contributed by atoms with E-state index >= 15 is 0 Å². The molecule has 1 aromatic carbocycles. The van der Waals surface area contributed by atoms with E-state index in [9.17, 15) is 13.2 Å². The Bertz CT molecular complexity index is 542. The summed E-state index contributed by atoms with van der Waals surface area (Å²) in [6.45, 7) is 1.98. The molecule has 1 aromatic rings. The summed E-state index contributed by atoms with van der Waals surface area (Å²) in [5.41, 5.74) is 0. The van der Waals surface area contributed by atoms with Crippen molar-refractivity contribution in [3.05, 3.63) is 54.0 Å². The predicted octanol–water partition coefficient (Wildman–Crippen LogP) is 2.09. The van der Waals surface area contributed by atoms with Crippen LogP contribution in [0.1, 0.15) is 6.92 Å². The molecule has 0 aliphatic rings. The van der Waals surface area contributed by atoms with Gasteiger partial charge in [0.1, 0.15) is 0 Å². The van der Waals surface area contributed by atoms with E-state index in [1.54, 1.807) is 25.1 Å².